The molecule has 158 valence electrons. The van der Waals surface area contributed by atoms with Crippen LogP contribution in [0, 0.1) is 0 Å². The van der Waals surface area contributed by atoms with Gasteiger partial charge in [-0.1, -0.05) is 42.5 Å². The van der Waals surface area contributed by atoms with Gasteiger partial charge in [0.05, 0.1) is 11.3 Å². The van der Waals surface area contributed by atoms with Crippen molar-refractivity contribution in [1.82, 2.24) is 10.4 Å². The van der Waals surface area contributed by atoms with E-state index >= 15 is 0 Å². The molecule has 7 nitrogen and oxygen atoms in total. The molecule has 4 aromatic rings. The Morgan fingerprint density at radius 1 is 0.875 bits per heavy atom. The molecular weight excluding hydrogens is 404 g/mol. The van der Waals surface area contributed by atoms with E-state index in [2.05, 4.69) is 20.8 Å². The van der Waals surface area contributed by atoms with E-state index < -0.39 is 5.91 Å². The third kappa shape index (κ3) is 4.46. The summed E-state index contributed by atoms with van der Waals surface area (Å²) in [5.41, 5.74) is 5.03. The molecule has 3 aromatic carbocycles. The highest BCUT2D eigenvalue weighted by Crippen LogP contribution is 2.27. The average Bonchev–Trinajstić information content (AvgIpc) is 2.83. The fraction of sp³-hybridized carbons (Fsp3) is 0.0400. The number of nitrogens with one attached hydrogen (secondary N) is 2. The molecule has 0 radical (unpaired) electrons. The van der Waals surface area contributed by atoms with Crippen molar-refractivity contribution in [2.45, 2.75) is 6.92 Å². The van der Waals surface area contributed by atoms with Crippen LogP contribution in [0.4, 0.5) is 5.69 Å². The quantitative estimate of drug-likeness (QED) is 0.327. The second kappa shape index (κ2) is 9.09. The maximum atomic E-state index is 12.7. The number of fused-ring (bicyclic) bond motifs is 1. The van der Waals surface area contributed by atoms with Crippen LogP contribution in [0.1, 0.15) is 33.2 Å². The molecule has 0 aliphatic carbocycles. The number of carbonyl (C=O) groups excluding carboxylic acids is 2. The zero-order chi connectivity index (χ0) is 22.5. The summed E-state index contributed by atoms with van der Waals surface area (Å²) >= 11 is 0. The summed E-state index contributed by atoms with van der Waals surface area (Å²) in [6, 6.07) is 20.9. The van der Waals surface area contributed by atoms with Crippen molar-refractivity contribution in [3.63, 3.8) is 0 Å². The van der Waals surface area contributed by atoms with Crippen molar-refractivity contribution in [3.8, 4) is 5.75 Å². The molecule has 0 bridgehead atoms. The predicted molar refractivity (Wildman–Crippen MR) is 124 cm³/mol. The van der Waals surface area contributed by atoms with Crippen molar-refractivity contribution >= 4 is 34.0 Å². The molecule has 0 atom stereocenters. The SMILES string of the molecule is C/C(=N/NC(=O)c1c(O)ccc2ccccc12)c1cccc(NC(=O)c2ccncc2)c1. The van der Waals surface area contributed by atoms with Crippen molar-refractivity contribution < 1.29 is 14.7 Å². The lowest BCUT2D eigenvalue weighted by Gasteiger charge is -2.09. The van der Waals surface area contributed by atoms with Gasteiger partial charge in [-0.2, -0.15) is 5.10 Å². The number of amides is 2. The summed E-state index contributed by atoms with van der Waals surface area (Å²) < 4.78 is 0. The maximum Gasteiger partial charge on any atom is 0.275 e. The first kappa shape index (κ1) is 20.7. The largest absolute Gasteiger partial charge is 0.507 e. The van der Waals surface area contributed by atoms with Gasteiger partial charge in [0.25, 0.3) is 11.8 Å². The highest BCUT2D eigenvalue weighted by molar-refractivity contribution is 6.10. The first-order valence-corrected chi connectivity index (χ1v) is 9.90. The third-order valence-electron chi connectivity index (χ3n) is 4.94. The zero-order valence-corrected chi connectivity index (χ0v) is 17.2. The Kier molecular flexibility index (Phi) is 5.89. The van der Waals surface area contributed by atoms with Gasteiger partial charge in [-0.25, -0.2) is 5.43 Å². The van der Waals surface area contributed by atoms with Gasteiger partial charge in [0, 0.05) is 23.6 Å². The molecular formula is C25H20N4O3. The monoisotopic (exact) mass is 424 g/mol. The van der Waals surface area contributed by atoms with Crippen LogP contribution in [0.5, 0.6) is 5.75 Å². The van der Waals surface area contributed by atoms with Gasteiger partial charge in [-0.15, -0.1) is 0 Å². The third-order valence-corrected chi connectivity index (χ3v) is 4.94. The van der Waals surface area contributed by atoms with E-state index in [0.717, 1.165) is 10.9 Å². The van der Waals surface area contributed by atoms with Gasteiger partial charge in [-0.3, -0.25) is 14.6 Å². The van der Waals surface area contributed by atoms with Crippen molar-refractivity contribution in [3.05, 3.63) is 102 Å². The molecule has 0 fully saturated rings. The second-order valence-corrected chi connectivity index (χ2v) is 7.09. The Balaban J connectivity index is 1.52. The lowest BCUT2D eigenvalue weighted by atomic mass is 10.0. The summed E-state index contributed by atoms with van der Waals surface area (Å²) in [6.07, 6.45) is 3.11. The maximum absolute atomic E-state index is 12.7. The Hall–Kier alpha value is -4.52. The molecule has 0 unspecified atom stereocenters. The summed E-state index contributed by atoms with van der Waals surface area (Å²) in [6.45, 7) is 1.74. The van der Waals surface area contributed by atoms with Gasteiger partial charge in [-0.05, 0) is 53.6 Å². The van der Waals surface area contributed by atoms with Crippen LogP contribution < -0.4 is 10.7 Å². The fourth-order valence-electron chi connectivity index (χ4n) is 3.28. The molecule has 4 rings (SSSR count). The number of phenolic OH excluding ortho intramolecular Hbond substituents is 1. The highest BCUT2D eigenvalue weighted by atomic mass is 16.3. The van der Waals surface area contributed by atoms with Gasteiger partial charge in [0.15, 0.2) is 0 Å². The summed E-state index contributed by atoms with van der Waals surface area (Å²) in [5, 5.41) is 18.7. The number of hydrogen-bond donors (Lipinski definition) is 3. The normalized spacial score (nSPS) is 11.2. The highest BCUT2D eigenvalue weighted by Gasteiger charge is 2.15. The van der Waals surface area contributed by atoms with Crippen LogP contribution >= 0.6 is 0 Å². The minimum absolute atomic E-state index is 0.116. The Bertz CT molecular complexity index is 1330. The van der Waals surface area contributed by atoms with Crippen LogP contribution in [-0.2, 0) is 0 Å². The predicted octanol–water partition coefficient (Wildman–Crippen LogP) is 4.35. The first-order valence-electron chi connectivity index (χ1n) is 9.90. The molecule has 0 saturated heterocycles. The first-order chi connectivity index (χ1) is 15.5. The van der Waals surface area contributed by atoms with E-state index in [-0.39, 0.29) is 17.2 Å². The van der Waals surface area contributed by atoms with Crippen LogP contribution in [0.2, 0.25) is 0 Å². The minimum Gasteiger partial charge on any atom is -0.507 e. The minimum atomic E-state index is -0.513. The summed E-state index contributed by atoms with van der Waals surface area (Å²) in [7, 11) is 0. The lowest BCUT2D eigenvalue weighted by Crippen LogP contribution is -2.20. The number of anilines is 1. The van der Waals surface area contributed by atoms with E-state index in [1.54, 1.807) is 67.8 Å². The van der Waals surface area contributed by atoms with Gasteiger partial charge in [0.1, 0.15) is 5.75 Å². The molecule has 3 N–H and O–H groups in total. The molecule has 0 spiro atoms. The Morgan fingerprint density at radius 2 is 1.66 bits per heavy atom. The number of pyridine rings is 1. The van der Waals surface area contributed by atoms with Gasteiger partial charge < -0.3 is 10.4 Å². The zero-order valence-electron chi connectivity index (χ0n) is 17.2. The molecule has 1 aromatic heterocycles. The number of hydrazone groups is 1. The van der Waals surface area contributed by atoms with Crippen LogP contribution in [0.15, 0.2) is 90.3 Å². The molecule has 0 aliphatic heterocycles. The number of carbonyl (C=O) groups is 2. The number of aromatic hydroxyl groups is 1. The molecule has 32 heavy (non-hydrogen) atoms. The number of hydrogen-bond acceptors (Lipinski definition) is 5. The Labute approximate surface area is 184 Å². The van der Waals surface area contributed by atoms with E-state index in [1.807, 2.05) is 18.2 Å². The molecule has 0 aliphatic rings. The lowest BCUT2D eigenvalue weighted by molar-refractivity contribution is 0.0953. The number of aromatic nitrogens is 1. The fourth-order valence-corrected chi connectivity index (χ4v) is 3.28. The number of rotatable bonds is 5. The van der Waals surface area contributed by atoms with E-state index in [1.165, 1.54) is 6.07 Å². The summed E-state index contributed by atoms with van der Waals surface area (Å²) in [5.74, 6) is -0.880. The van der Waals surface area contributed by atoms with E-state index in [9.17, 15) is 14.7 Å². The van der Waals surface area contributed by atoms with E-state index in [4.69, 9.17) is 0 Å². The topological polar surface area (TPSA) is 104 Å². The summed E-state index contributed by atoms with van der Waals surface area (Å²) in [4.78, 5) is 29.0. The van der Waals surface area contributed by atoms with Crippen molar-refractivity contribution in [2.24, 2.45) is 5.10 Å². The van der Waals surface area contributed by atoms with Crippen LogP contribution in [0.25, 0.3) is 10.8 Å². The van der Waals surface area contributed by atoms with Gasteiger partial charge in [0.2, 0.25) is 0 Å². The molecule has 0 saturated carbocycles. The smallest absolute Gasteiger partial charge is 0.275 e. The standard InChI is InChI=1S/C25H20N4O3/c1-16(19-6-4-7-20(15-19)27-24(31)18-11-13-26-14-12-18)28-29-25(32)23-21-8-3-2-5-17(21)9-10-22(23)30/h2-15,30H,1H3,(H,27,31)(H,29,32)/b28-16-. The van der Waals surface area contributed by atoms with Crippen molar-refractivity contribution in [1.29, 1.82) is 0 Å². The Morgan fingerprint density at radius 3 is 2.47 bits per heavy atom. The van der Waals surface area contributed by atoms with E-state index in [0.29, 0.717) is 22.3 Å². The van der Waals surface area contributed by atoms with Gasteiger partial charge >= 0.3 is 0 Å². The average molecular weight is 424 g/mol. The molecule has 7 heteroatoms. The number of nitrogens with zero attached hydrogens (tertiary/aromatic N) is 2. The van der Waals surface area contributed by atoms with Crippen LogP contribution in [-0.4, -0.2) is 27.6 Å². The van der Waals surface area contributed by atoms with Crippen LogP contribution in [0.3, 0.4) is 0 Å². The molecule has 2 amide bonds. The van der Waals surface area contributed by atoms with Crippen molar-refractivity contribution in [2.75, 3.05) is 5.32 Å². The number of phenols is 1. The second-order valence-electron chi connectivity index (χ2n) is 7.09. The molecule has 1 heterocycles. The number of benzene rings is 3.